The van der Waals surface area contributed by atoms with E-state index >= 15 is 0 Å². The number of aromatic hydroxyl groups is 1. The molecule has 84 valence electrons. The average Bonchev–Trinajstić information content (AvgIpc) is 2.56. The minimum absolute atomic E-state index is 0.113. The summed E-state index contributed by atoms with van der Waals surface area (Å²) in [5, 5.41) is 10.2. The fourth-order valence-electron chi connectivity index (χ4n) is 1.39. The Balaban J connectivity index is 2.55. The summed E-state index contributed by atoms with van der Waals surface area (Å²) >= 11 is 1.02. The molecular formula is C11H9FO3S. The number of halogens is 1. The van der Waals surface area contributed by atoms with Crippen molar-refractivity contribution in [3.8, 4) is 5.75 Å². The maximum absolute atomic E-state index is 12.9. The largest absolute Gasteiger partial charge is 0.505 e. The summed E-state index contributed by atoms with van der Waals surface area (Å²) in [4.78, 5) is 11.6. The number of esters is 1. The fourth-order valence-corrected chi connectivity index (χ4v) is 2.41. The van der Waals surface area contributed by atoms with Gasteiger partial charge in [0, 0.05) is 10.1 Å². The lowest BCUT2D eigenvalue weighted by molar-refractivity contribution is 0.0529. The predicted octanol–water partition coefficient (Wildman–Crippen LogP) is 2.92. The molecule has 1 aromatic heterocycles. The van der Waals surface area contributed by atoms with Crippen LogP contribution in [0, 0.1) is 5.82 Å². The molecule has 0 aliphatic rings. The van der Waals surface area contributed by atoms with Crippen LogP contribution in [0.2, 0.25) is 0 Å². The third-order valence-corrected chi connectivity index (χ3v) is 3.21. The molecule has 1 aromatic carbocycles. The Morgan fingerprint density at radius 2 is 2.31 bits per heavy atom. The van der Waals surface area contributed by atoms with Crippen molar-refractivity contribution in [1.29, 1.82) is 0 Å². The van der Waals surface area contributed by atoms with Crippen LogP contribution in [-0.2, 0) is 4.74 Å². The Hall–Kier alpha value is -1.62. The maximum Gasteiger partial charge on any atom is 0.352 e. The van der Waals surface area contributed by atoms with Crippen molar-refractivity contribution in [3.63, 3.8) is 0 Å². The maximum atomic E-state index is 12.9. The lowest BCUT2D eigenvalue weighted by Crippen LogP contribution is -2.01. The molecule has 0 amide bonds. The number of fused-ring (bicyclic) bond motifs is 1. The number of rotatable bonds is 2. The van der Waals surface area contributed by atoms with Crippen LogP contribution >= 0.6 is 11.3 Å². The molecule has 1 N–H and O–H groups in total. The highest BCUT2D eigenvalue weighted by molar-refractivity contribution is 7.21. The number of benzene rings is 1. The van der Waals surface area contributed by atoms with Gasteiger partial charge < -0.3 is 9.84 Å². The van der Waals surface area contributed by atoms with E-state index in [0.29, 0.717) is 10.1 Å². The number of carbonyl (C=O) groups is 1. The van der Waals surface area contributed by atoms with Crippen LogP contribution in [0.15, 0.2) is 18.2 Å². The molecule has 3 nitrogen and oxygen atoms in total. The summed E-state index contributed by atoms with van der Waals surface area (Å²) in [5.41, 5.74) is 0. The minimum atomic E-state index is -0.582. The second kappa shape index (κ2) is 4.09. The molecule has 0 spiro atoms. The van der Waals surface area contributed by atoms with Crippen LogP contribution in [0.4, 0.5) is 4.39 Å². The smallest absolute Gasteiger partial charge is 0.352 e. The summed E-state index contributed by atoms with van der Waals surface area (Å²) in [7, 11) is 0. The van der Waals surface area contributed by atoms with E-state index < -0.39 is 11.8 Å². The molecule has 0 saturated carbocycles. The van der Waals surface area contributed by atoms with Crippen molar-refractivity contribution in [1.82, 2.24) is 0 Å². The van der Waals surface area contributed by atoms with Gasteiger partial charge in [0.15, 0.2) is 4.88 Å². The number of carbonyl (C=O) groups excluding carboxylic acids is 1. The van der Waals surface area contributed by atoms with Crippen molar-refractivity contribution in [2.45, 2.75) is 6.92 Å². The lowest BCUT2D eigenvalue weighted by atomic mass is 10.2. The third kappa shape index (κ3) is 1.74. The van der Waals surface area contributed by atoms with Crippen LogP contribution in [0.3, 0.4) is 0 Å². The Morgan fingerprint density at radius 3 is 3.00 bits per heavy atom. The van der Waals surface area contributed by atoms with Gasteiger partial charge in [-0.2, -0.15) is 0 Å². The molecule has 0 unspecified atom stereocenters. The summed E-state index contributed by atoms with van der Waals surface area (Å²) in [6, 6.07) is 3.96. The van der Waals surface area contributed by atoms with Crippen molar-refractivity contribution >= 4 is 27.4 Å². The molecule has 1 heterocycles. The van der Waals surface area contributed by atoms with Gasteiger partial charge in [-0.05, 0) is 25.1 Å². The van der Waals surface area contributed by atoms with Crippen LogP contribution < -0.4 is 0 Å². The normalized spacial score (nSPS) is 10.6. The molecule has 0 fully saturated rings. The van der Waals surface area contributed by atoms with E-state index in [1.807, 2.05) is 0 Å². The van der Waals surface area contributed by atoms with Gasteiger partial charge in [0.25, 0.3) is 0 Å². The summed E-state index contributed by atoms with van der Waals surface area (Å²) in [6.45, 7) is 1.92. The van der Waals surface area contributed by atoms with Crippen molar-refractivity contribution < 1.29 is 19.0 Å². The van der Waals surface area contributed by atoms with Gasteiger partial charge >= 0.3 is 5.97 Å². The van der Waals surface area contributed by atoms with E-state index in [4.69, 9.17) is 4.74 Å². The molecule has 0 radical (unpaired) electrons. The van der Waals surface area contributed by atoms with E-state index in [0.717, 1.165) is 11.3 Å². The van der Waals surface area contributed by atoms with Gasteiger partial charge in [0.05, 0.1) is 6.61 Å². The summed E-state index contributed by atoms with van der Waals surface area (Å²) in [5.74, 6) is -1.12. The molecule has 0 saturated heterocycles. The first-order valence-electron chi connectivity index (χ1n) is 4.71. The van der Waals surface area contributed by atoms with Gasteiger partial charge in [-0.25, -0.2) is 9.18 Å². The van der Waals surface area contributed by atoms with Gasteiger partial charge in [0.1, 0.15) is 11.6 Å². The van der Waals surface area contributed by atoms with Crippen molar-refractivity contribution in [3.05, 3.63) is 28.9 Å². The number of thiophene rings is 1. The molecule has 0 aliphatic heterocycles. The number of ether oxygens (including phenoxy) is 1. The molecule has 0 aliphatic carbocycles. The molecule has 0 atom stereocenters. The summed E-state index contributed by atoms with van der Waals surface area (Å²) in [6.07, 6.45) is 0. The number of hydrogen-bond acceptors (Lipinski definition) is 4. The van der Waals surface area contributed by atoms with E-state index in [-0.39, 0.29) is 17.2 Å². The molecule has 2 aromatic rings. The fraction of sp³-hybridized carbons (Fsp3) is 0.182. The second-order valence-corrected chi connectivity index (χ2v) is 4.19. The zero-order valence-corrected chi connectivity index (χ0v) is 9.31. The predicted molar refractivity (Wildman–Crippen MR) is 59.4 cm³/mol. The minimum Gasteiger partial charge on any atom is -0.505 e. The SMILES string of the molecule is CCOC(=O)c1sc2cc(F)ccc2c1O. The Kier molecular flexibility index (Phi) is 2.78. The van der Waals surface area contributed by atoms with Gasteiger partial charge in [-0.1, -0.05) is 0 Å². The molecular weight excluding hydrogens is 231 g/mol. The quantitative estimate of drug-likeness (QED) is 0.821. The first-order chi connectivity index (χ1) is 7.63. The molecule has 0 bridgehead atoms. The third-order valence-electron chi connectivity index (χ3n) is 2.09. The highest BCUT2D eigenvalue weighted by atomic mass is 32.1. The topological polar surface area (TPSA) is 46.5 Å². The van der Waals surface area contributed by atoms with E-state index in [1.54, 1.807) is 6.92 Å². The van der Waals surface area contributed by atoms with Crippen LogP contribution in [0.1, 0.15) is 16.6 Å². The first kappa shape index (κ1) is 10.9. The lowest BCUT2D eigenvalue weighted by Gasteiger charge is -1.98. The van der Waals surface area contributed by atoms with Gasteiger partial charge in [-0.15, -0.1) is 11.3 Å². The monoisotopic (exact) mass is 240 g/mol. The van der Waals surface area contributed by atoms with E-state index in [1.165, 1.54) is 18.2 Å². The second-order valence-electron chi connectivity index (χ2n) is 3.14. The highest BCUT2D eigenvalue weighted by Gasteiger charge is 2.18. The highest BCUT2D eigenvalue weighted by Crippen LogP contribution is 2.37. The van der Waals surface area contributed by atoms with E-state index in [2.05, 4.69) is 0 Å². The molecule has 2 rings (SSSR count). The van der Waals surface area contributed by atoms with Crippen LogP contribution in [0.5, 0.6) is 5.75 Å². The summed E-state index contributed by atoms with van der Waals surface area (Å²) < 4.78 is 18.3. The van der Waals surface area contributed by atoms with Gasteiger partial charge in [-0.3, -0.25) is 0 Å². The zero-order valence-electron chi connectivity index (χ0n) is 8.49. The average molecular weight is 240 g/mol. The number of hydrogen-bond donors (Lipinski definition) is 1. The van der Waals surface area contributed by atoms with Crippen LogP contribution in [-0.4, -0.2) is 17.7 Å². The molecule has 5 heteroatoms. The Bertz CT molecular complexity index is 547. The van der Waals surface area contributed by atoms with Gasteiger partial charge in [0.2, 0.25) is 0 Å². The first-order valence-corrected chi connectivity index (χ1v) is 5.53. The van der Waals surface area contributed by atoms with Crippen molar-refractivity contribution in [2.24, 2.45) is 0 Å². The van der Waals surface area contributed by atoms with E-state index in [9.17, 15) is 14.3 Å². The zero-order chi connectivity index (χ0) is 11.7. The molecule has 16 heavy (non-hydrogen) atoms. The Morgan fingerprint density at radius 1 is 1.56 bits per heavy atom. The standard InChI is InChI=1S/C11H9FO3S/c1-2-15-11(14)10-9(13)7-4-3-6(12)5-8(7)16-10/h3-5,13H,2H2,1H3. The van der Waals surface area contributed by atoms with Crippen molar-refractivity contribution in [2.75, 3.05) is 6.61 Å². The van der Waals surface area contributed by atoms with Crippen LogP contribution in [0.25, 0.3) is 10.1 Å². The Labute approximate surface area is 95.1 Å².